The Morgan fingerprint density at radius 3 is 2.76 bits per heavy atom. The van der Waals surface area contributed by atoms with Gasteiger partial charge in [-0.25, -0.2) is 0 Å². The lowest BCUT2D eigenvalue weighted by molar-refractivity contribution is 0.122. The molecule has 0 aliphatic carbocycles. The van der Waals surface area contributed by atoms with Crippen molar-refractivity contribution in [2.45, 2.75) is 38.4 Å². The van der Waals surface area contributed by atoms with Crippen molar-refractivity contribution < 1.29 is 4.74 Å². The highest BCUT2D eigenvalue weighted by Crippen LogP contribution is 2.49. The summed E-state index contributed by atoms with van der Waals surface area (Å²) < 4.78 is 5.52. The number of morpholine rings is 1. The molecule has 5 nitrogen and oxygen atoms in total. The number of nitrogens with zero attached hydrogens (tertiary/aromatic N) is 4. The Balaban J connectivity index is 1.52. The molecule has 3 atom stereocenters. The van der Waals surface area contributed by atoms with Gasteiger partial charge in [-0.2, -0.15) is 0 Å². The number of pyridine rings is 1. The summed E-state index contributed by atoms with van der Waals surface area (Å²) in [6.45, 7) is 8.08. The van der Waals surface area contributed by atoms with Gasteiger partial charge in [0, 0.05) is 36.8 Å². The maximum Gasteiger partial charge on any atom is 0.160 e. The summed E-state index contributed by atoms with van der Waals surface area (Å²) >= 11 is 1.90. The van der Waals surface area contributed by atoms with Crippen molar-refractivity contribution in [3.63, 3.8) is 0 Å². The van der Waals surface area contributed by atoms with E-state index in [-0.39, 0.29) is 12.1 Å². The molecule has 6 heteroatoms. The molecule has 0 radical (unpaired) electrons. The number of thioether (sulfide) groups is 1. The van der Waals surface area contributed by atoms with Gasteiger partial charge in [0.05, 0.1) is 24.9 Å². The molecule has 4 heterocycles. The van der Waals surface area contributed by atoms with Gasteiger partial charge in [-0.1, -0.05) is 30.8 Å². The fourth-order valence-electron chi connectivity index (χ4n) is 4.70. The number of aliphatic imine (C=N–C) groups is 1. The summed E-state index contributed by atoms with van der Waals surface area (Å²) in [4.78, 5) is 14.8. The zero-order valence-corrected chi connectivity index (χ0v) is 17.9. The Hall–Kier alpha value is -2.05. The van der Waals surface area contributed by atoms with Crippen LogP contribution in [-0.4, -0.2) is 53.1 Å². The number of hydrogen-bond acceptors (Lipinski definition) is 6. The number of aromatic nitrogens is 1. The highest BCUT2D eigenvalue weighted by molar-refractivity contribution is 8.14. The summed E-state index contributed by atoms with van der Waals surface area (Å²) in [7, 11) is 0. The van der Waals surface area contributed by atoms with Crippen molar-refractivity contribution in [1.29, 1.82) is 0 Å². The smallest absolute Gasteiger partial charge is 0.160 e. The van der Waals surface area contributed by atoms with E-state index in [1.54, 1.807) is 0 Å². The van der Waals surface area contributed by atoms with Gasteiger partial charge < -0.3 is 14.5 Å². The number of fused-ring (bicyclic) bond motifs is 1. The largest absolute Gasteiger partial charge is 0.378 e. The molecule has 1 aromatic heterocycles. The molecule has 5 rings (SSSR count). The van der Waals surface area contributed by atoms with Gasteiger partial charge in [-0.05, 0) is 48.7 Å². The molecule has 3 aliphatic heterocycles. The third-order valence-corrected chi connectivity index (χ3v) is 7.40. The van der Waals surface area contributed by atoms with E-state index in [0.29, 0.717) is 6.04 Å². The lowest BCUT2D eigenvalue weighted by atomic mass is 9.91. The Kier molecular flexibility index (Phi) is 5.22. The molecule has 152 valence electrons. The van der Waals surface area contributed by atoms with Crippen molar-refractivity contribution in [3.8, 4) is 0 Å². The van der Waals surface area contributed by atoms with Crippen LogP contribution >= 0.6 is 11.8 Å². The summed E-state index contributed by atoms with van der Waals surface area (Å²) in [5.74, 6) is 1.13. The fourth-order valence-corrected chi connectivity index (χ4v) is 6.03. The van der Waals surface area contributed by atoms with Crippen LogP contribution in [0.3, 0.4) is 0 Å². The first-order chi connectivity index (χ1) is 14.3. The third kappa shape index (κ3) is 3.42. The summed E-state index contributed by atoms with van der Waals surface area (Å²) in [5, 5.41) is 1.19. The minimum absolute atomic E-state index is 0.0565. The Morgan fingerprint density at radius 1 is 1.17 bits per heavy atom. The zero-order chi connectivity index (χ0) is 19.8. The van der Waals surface area contributed by atoms with Crippen molar-refractivity contribution in [3.05, 3.63) is 59.4 Å². The van der Waals surface area contributed by atoms with E-state index in [2.05, 4.69) is 59.0 Å². The SMILES string of the molecule is CC[C@@H]1CSC2=N[C@H](c3ccccn3)[C@@H](c3ccc(N4CCOCC4)cc3C)N21. The average molecular weight is 409 g/mol. The highest BCUT2D eigenvalue weighted by Gasteiger charge is 2.45. The number of ether oxygens (including phenoxy) is 1. The van der Waals surface area contributed by atoms with Crippen LogP contribution in [0.2, 0.25) is 0 Å². The predicted molar refractivity (Wildman–Crippen MR) is 120 cm³/mol. The molecule has 3 aliphatic rings. The number of amidine groups is 1. The van der Waals surface area contributed by atoms with Crippen molar-refractivity contribution in [2.75, 3.05) is 37.0 Å². The summed E-state index contributed by atoms with van der Waals surface area (Å²) in [6, 6.07) is 13.9. The van der Waals surface area contributed by atoms with Crippen LogP contribution in [0.15, 0.2) is 47.6 Å². The van der Waals surface area contributed by atoms with Gasteiger partial charge >= 0.3 is 0 Å². The van der Waals surface area contributed by atoms with E-state index in [1.165, 1.54) is 22.0 Å². The molecule has 2 fully saturated rings. The standard InChI is InChI=1S/C23H28N4OS/c1-3-17-15-29-23-25-21(20-6-4-5-9-24-20)22(27(17)23)19-8-7-18(14-16(19)2)26-10-12-28-13-11-26/h4-9,14,17,21-22H,3,10-13,15H2,1-2H3/t17-,21-,22-/m1/s1. The van der Waals surface area contributed by atoms with E-state index in [0.717, 1.165) is 44.2 Å². The topological polar surface area (TPSA) is 41.0 Å². The monoisotopic (exact) mass is 408 g/mol. The summed E-state index contributed by atoms with van der Waals surface area (Å²) in [6.07, 6.45) is 3.03. The second-order valence-corrected chi connectivity index (χ2v) is 8.96. The number of anilines is 1. The van der Waals surface area contributed by atoms with Crippen LogP contribution in [0.4, 0.5) is 5.69 Å². The van der Waals surface area contributed by atoms with Crippen LogP contribution < -0.4 is 4.90 Å². The number of benzene rings is 1. The quantitative estimate of drug-likeness (QED) is 0.758. The van der Waals surface area contributed by atoms with Gasteiger partial charge in [0.1, 0.15) is 6.04 Å². The van der Waals surface area contributed by atoms with Crippen LogP contribution in [-0.2, 0) is 4.74 Å². The molecule has 0 bridgehead atoms. The third-order valence-electron chi connectivity index (χ3n) is 6.28. The van der Waals surface area contributed by atoms with Crippen LogP contribution in [0.5, 0.6) is 0 Å². The van der Waals surface area contributed by atoms with E-state index in [9.17, 15) is 0 Å². The van der Waals surface area contributed by atoms with Gasteiger partial charge in [-0.3, -0.25) is 9.98 Å². The van der Waals surface area contributed by atoms with Crippen molar-refractivity contribution >= 4 is 22.6 Å². The average Bonchev–Trinajstić information content (AvgIpc) is 3.34. The maximum atomic E-state index is 5.52. The molecule has 0 N–H and O–H groups in total. The van der Waals surface area contributed by atoms with E-state index in [4.69, 9.17) is 9.73 Å². The van der Waals surface area contributed by atoms with Gasteiger partial charge in [0.2, 0.25) is 0 Å². The number of hydrogen-bond donors (Lipinski definition) is 0. The zero-order valence-electron chi connectivity index (χ0n) is 17.1. The summed E-state index contributed by atoms with van der Waals surface area (Å²) in [5.41, 5.74) is 5.07. The van der Waals surface area contributed by atoms with Crippen molar-refractivity contribution in [1.82, 2.24) is 9.88 Å². The molecular formula is C23H28N4OS. The molecule has 0 unspecified atom stereocenters. The van der Waals surface area contributed by atoms with Crippen LogP contribution in [0, 0.1) is 6.92 Å². The molecule has 0 saturated carbocycles. The minimum atomic E-state index is 0.0565. The first kappa shape index (κ1) is 18.9. The molecule has 0 amide bonds. The van der Waals surface area contributed by atoms with E-state index < -0.39 is 0 Å². The van der Waals surface area contributed by atoms with E-state index >= 15 is 0 Å². The molecule has 0 spiro atoms. The van der Waals surface area contributed by atoms with E-state index in [1.807, 2.05) is 24.0 Å². The van der Waals surface area contributed by atoms with Gasteiger partial charge in [0.15, 0.2) is 5.17 Å². The highest BCUT2D eigenvalue weighted by atomic mass is 32.2. The number of aryl methyl sites for hydroxylation is 1. The second kappa shape index (κ2) is 8.00. The molecule has 29 heavy (non-hydrogen) atoms. The Morgan fingerprint density at radius 2 is 2.03 bits per heavy atom. The molecular weight excluding hydrogens is 380 g/mol. The lowest BCUT2D eigenvalue weighted by Crippen LogP contribution is -2.37. The molecule has 2 saturated heterocycles. The Labute approximate surface area is 177 Å². The number of rotatable bonds is 4. The molecule has 1 aromatic carbocycles. The van der Waals surface area contributed by atoms with Crippen LogP contribution in [0.25, 0.3) is 0 Å². The Bertz CT molecular complexity index is 897. The second-order valence-electron chi connectivity index (χ2n) is 7.98. The fraction of sp³-hybridized carbons (Fsp3) is 0.478. The molecule has 2 aromatic rings. The maximum absolute atomic E-state index is 5.52. The minimum Gasteiger partial charge on any atom is -0.378 e. The first-order valence-electron chi connectivity index (χ1n) is 10.6. The van der Waals surface area contributed by atoms with Gasteiger partial charge in [-0.15, -0.1) is 0 Å². The van der Waals surface area contributed by atoms with Crippen LogP contribution in [0.1, 0.15) is 42.2 Å². The predicted octanol–water partition coefficient (Wildman–Crippen LogP) is 4.21. The first-order valence-corrected chi connectivity index (χ1v) is 11.6. The lowest BCUT2D eigenvalue weighted by Gasteiger charge is -2.34. The normalized spacial score (nSPS) is 26.6. The van der Waals surface area contributed by atoms with Crippen molar-refractivity contribution in [2.24, 2.45) is 4.99 Å². The van der Waals surface area contributed by atoms with Gasteiger partial charge in [0.25, 0.3) is 0 Å².